The van der Waals surface area contributed by atoms with Gasteiger partial charge in [-0.3, -0.25) is 9.59 Å². The number of hydrogen-bond donors (Lipinski definition) is 2. The lowest BCUT2D eigenvalue weighted by molar-refractivity contribution is -0.126. The van der Waals surface area contributed by atoms with Gasteiger partial charge in [0.15, 0.2) is 5.76 Å². The summed E-state index contributed by atoms with van der Waals surface area (Å²) in [6.07, 6.45) is 11.9. The fourth-order valence-corrected chi connectivity index (χ4v) is 4.05. The molecule has 1 aromatic rings. The number of piperidine rings is 1. The molecular weight excluding hydrogens is 330 g/mol. The van der Waals surface area contributed by atoms with Gasteiger partial charge in [0.1, 0.15) is 6.04 Å². The fraction of sp³-hybridized carbons (Fsp3) is 0.700. The predicted octanol–water partition coefficient (Wildman–Crippen LogP) is 2.70. The summed E-state index contributed by atoms with van der Waals surface area (Å²) in [7, 11) is 0. The molecule has 0 aromatic carbocycles. The van der Waals surface area contributed by atoms with Gasteiger partial charge in [-0.25, -0.2) is 0 Å². The van der Waals surface area contributed by atoms with Gasteiger partial charge in [0.25, 0.3) is 5.91 Å². The molecule has 6 heteroatoms. The molecule has 1 aliphatic heterocycles. The first-order valence-corrected chi connectivity index (χ1v) is 10.1. The molecule has 1 aromatic heterocycles. The second-order valence-electron chi connectivity index (χ2n) is 7.42. The lowest BCUT2D eigenvalue weighted by atomic mass is 10.0. The number of nitrogens with zero attached hydrogens (tertiary/aromatic N) is 1. The first kappa shape index (κ1) is 19.0. The molecule has 1 saturated heterocycles. The number of nitrogens with one attached hydrogen (secondary N) is 2. The Bertz CT molecular complexity index is 565. The monoisotopic (exact) mass is 361 g/mol. The number of furan rings is 1. The summed E-state index contributed by atoms with van der Waals surface area (Å²) in [6.45, 7) is 2.00. The van der Waals surface area contributed by atoms with Crippen LogP contribution >= 0.6 is 0 Å². The van der Waals surface area contributed by atoms with Crippen molar-refractivity contribution in [3.63, 3.8) is 0 Å². The summed E-state index contributed by atoms with van der Waals surface area (Å²) in [5.41, 5.74) is 0. The van der Waals surface area contributed by atoms with Crippen LogP contribution in [0, 0.1) is 0 Å². The molecule has 2 N–H and O–H groups in total. The van der Waals surface area contributed by atoms with Crippen LogP contribution in [0.4, 0.5) is 0 Å². The van der Waals surface area contributed by atoms with E-state index in [9.17, 15) is 9.59 Å². The van der Waals surface area contributed by atoms with Crippen LogP contribution < -0.4 is 10.6 Å². The van der Waals surface area contributed by atoms with Gasteiger partial charge in [0.2, 0.25) is 5.91 Å². The lowest BCUT2D eigenvalue weighted by Crippen LogP contribution is -2.52. The molecule has 0 radical (unpaired) electrons. The quantitative estimate of drug-likeness (QED) is 0.603. The molecule has 1 aliphatic carbocycles. The first-order valence-electron chi connectivity index (χ1n) is 10.1. The number of carbonyl (C=O) groups is 2. The standard InChI is InChI=1S/C20H31N3O3/c24-19(22-13-12-21-16-8-3-1-2-4-9-16)17-10-5-6-14-23(17)20(25)18-11-7-15-26-18/h7,11,15-17,21H,1-6,8-10,12-14H2,(H,22,24). The van der Waals surface area contributed by atoms with Gasteiger partial charge in [0, 0.05) is 25.7 Å². The van der Waals surface area contributed by atoms with Crippen molar-refractivity contribution in [1.29, 1.82) is 0 Å². The number of carbonyl (C=O) groups excluding carboxylic acids is 2. The van der Waals surface area contributed by atoms with Crippen LogP contribution in [0.1, 0.15) is 68.3 Å². The molecule has 2 heterocycles. The van der Waals surface area contributed by atoms with Gasteiger partial charge >= 0.3 is 0 Å². The van der Waals surface area contributed by atoms with E-state index >= 15 is 0 Å². The van der Waals surface area contributed by atoms with Gasteiger partial charge < -0.3 is 20.0 Å². The Balaban J connectivity index is 1.45. The van der Waals surface area contributed by atoms with E-state index in [0.29, 0.717) is 31.3 Å². The number of rotatable bonds is 6. The van der Waals surface area contributed by atoms with Gasteiger partial charge in [-0.05, 0) is 44.2 Å². The normalized spacial score (nSPS) is 22.0. The minimum Gasteiger partial charge on any atom is -0.459 e. The Morgan fingerprint density at radius 1 is 1.04 bits per heavy atom. The topological polar surface area (TPSA) is 74.6 Å². The molecule has 0 bridgehead atoms. The number of amides is 2. The van der Waals surface area contributed by atoms with Crippen molar-refractivity contribution < 1.29 is 14.0 Å². The van der Waals surface area contributed by atoms with E-state index in [-0.39, 0.29) is 17.9 Å². The molecule has 144 valence electrons. The second-order valence-corrected chi connectivity index (χ2v) is 7.42. The van der Waals surface area contributed by atoms with E-state index in [4.69, 9.17) is 4.42 Å². The lowest BCUT2D eigenvalue weighted by Gasteiger charge is -2.34. The second kappa shape index (κ2) is 9.76. The SMILES string of the molecule is O=C(NCCNC1CCCCCC1)C1CCCCN1C(=O)c1ccco1. The van der Waals surface area contributed by atoms with Crippen molar-refractivity contribution in [2.75, 3.05) is 19.6 Å². The Kier molecular flexibility index (Phi) is 7.12. The van der Waals surface area contributed by atoms with Crippen LogP contribution in [0.5, 0.6) is 0 Å². The van der Waals surface area contributed by atoms with Crippen molar-refractivity contribution in [2.45, 2.75) is 69.9 Å². The summed E-state index contributed by atoms with van der Waals surface area (Å²) in [4.78, 5) is 26.9. The van der Waals surface area contributed by atoms with Crippen LogP contribution in [0.15, 0.2) is 22.8 Å². The molecule has 1 atom stereocenters. The molecule has 3 rings (SSSR count). The third kappa shape index (κ3) is 5.10. The zero-order chi connectivity index (χ0) is 18.2. The average molecular weight is 361 g/mol. The Morgan fingerprint density at radius 2 is 1.81 bits per heavy atom. The zero-order valence-electron chi connectivity index (χ0n) is 15.5. The Morgan fingerprint density at radius 3 is 2.54 bits per heavy atom. The smallest absolute Gasteiger partial charge is 0.290 e. The van der Waals surface area contributed by atoms with Crippen LogP contribution in [0.25, 0.3) is 0 Å². The summed E-state index contributed by atoms with van der Waals surface area (Å²) in [6, 6.07) is 3.55. The fourth-order valence-electron chi connectivity index (χ4n) is 4.05. The van der Waals surface area contributed by atoms with E-state index in [1.165, 1.54) is 44.8 Å². The highest BCUT2D eigenvalue weighted by Gasteiger charge is 2.33. The summed E-state index contributed by atoms with van der Waals surface area (Å²) < 4.78 is 5.22. The minimum absolute atomic E-state index is 0.0488. The maximum absolute atomic E-state index is 12.6. The molecule has 2 aliphatic rings. The highest BCUT2D eigenvalue weighted by atomic mass is 16.3. The summed E-state index contributed by atoms with van der Waals surface area (Å²) >= 11 is 0. The van der Waals surface area contributed by atoms with E-state index in [1.54, 1.807) is 17.0 Å². The van der Waals surface area contributed by atoms with Crippen LogP contribution in [-0.2, 0) is 4.79 Å². The van der Waals surface area contributed by atoms with Crippen molar-refractivity contribution in [1.82, 2.24) is 15.5 Å². The maximum Gasteiger partial charge on any atom is 0.290 e. The van der Waals surface area contributed by atoms with Crippen molar-refractivity contribution in [3.05, 3.63) is 24.2 Å². The predicted molar refractivity (Wildman–Crippen MR) is 99.9 cm³/mol. The largest absolute Gasteiger partial charge is 0.459 e. The first-order chi connectivity index (χ1) is 12.8. The summed E-state index contributed by atoms with van der Waals surface area (Å²) in [5, 5.41) is 6.58. The molecule has 26 heavy (non-hydrogen) atoms. The molecule has 2 fully saturated rings. The third-order valence-corrected chi connectivity index (χ3v) is 5.51. The molecule has 1 saturated carbocycles. The van der Waals surface area contributed by atoms with Gasteiger partial charge in [-0.2, -0.15) is 0 Å². The van der Waals surface area contributed by atoms with Crippen molar-refractivity contribution in [2.24, 2.45) is 0 Å². The van der Waals surface area contributed by atoms with E-state index in [0.717, 1.165) is 19.4 Å². The molecule has 6 nitrogen and oxygen atoms in total. The maximum atomic E-state index is 12.6. The molecular formula is C20H31N3O3. The highest BCUT2D eigenvalue weighted by molar-refractivity contribution is 5.95. The average Bonchev–Trinajstić information content (AvgIpc) is 3.09. The molecule has 2 amide bonds. The van der Waals surface area contributed by atoms with Crippen LogP contribution in [0.2, 0.25) is 0 Å². The summed E-state index contributed by atoms with van der Waals surface area (Å²) in [5.74, 6) is 0.0680. The van der Waals surface area contributed by atoms with Crippen LogP contribution in [0.3, 0.4) is 0 Å². The number of hydrogen-bond acceptors (Lipinski definition) is 4. The Hall–Kier alpha value is -1.82. The van der Waals surface area contributed by atoms with Crippen molar-refractivity contribution in [3.8, 4) is 0 Å². The Labute approximate surface area is 155 Å². The van der Waals surface area contributed by atoms with Gasteiger partial charge in [-0.1, -0.05) is 25.7 Å². The van der Waals surface area contributed by atoms with E-state index in [1.807, 2.05) is 0 Å². The highest BCUT2D eigenvalue weighted by Crippen LogP contribution is 2.20. The molecule has 0 spiro atoms. The zero-order valence-corrected chi connectivity index (χ0v) is 15.5. The van der Waals surface area contributed by atoms with Crippen molar-refractivity contribution >= 4 is 11.8 Å². The molecule has 1 unspecified atom stereocenters. The van der Waals surface area contributed by atoms with Gasteiger partial charge in [-0.15, -0.1) is 0 Å². The van der Waals surface area contributed by atoms with Gasteiger partial charge in [0.05, 0.1) is 6.26 Å². The van der Waals surface area contributed by atoms with E-state index < -0.39 is 0 Å². The minimum atomic E-state index is -0.390. The van der Waals surface area contributed by atoms with Crippen LogP contribution in [-0.4, -0.2) is 48.4 Å². The third-order valence-electron chi connectivity index (χ3n) is 5.51. The van der Waals surface area contributed by atoms with E-state index in [2.05, 4.69) is 10.6 Å². The number of likely N-dealkylation sites (tertiary alicyclic amines) is 1.